The van der Waals surface area contributed by atoms with Crippen LogP contribution in [0.3, 0.4) is 0 Å². The van der Waals surface area contributed by atoms with Gasteiger partial charge in [-0.3, -0.25) is 0 Å². The summed E-state index contributed by atoms with van der Waals surface area (Å²) >= 11 is 1.94. The first kappa shape index (κ1) is 15.2. The lowest BCUT2D eigenvalue weighted by Gasteiger charge is -2.42. The number of thioether (sulfide) groups is 1. The Balaban J connectivity index is 2.42. The van der Waals surface area contributed by atoms with Gasteiger partial charge in [-0.15, -0.1) is 11.8 Å². The predicted octanol–water partition coefficient (Wildman–Crippen LogP) is 5.43. The van der Waals surface area contributed by atoms with E-state index in [1.54, 1.807) is 7.11 Å². The summed E-state index contributed by atoms with van der Waals surface area (Å²) in [6.07, 6.45) is 5.20. The van der Waals surface area contributed by atoms with Crippen LogP contribution in [0.5, 0.6) is 5.75 Å². The molecule has 1 nitrogen and oxygen atoms in total. The van der Waals surface area contributed by atoms with Crippen LogP contribution in [-0.2, 0) is 0 Å². The molecule has 2 rings (SSSR count). The van der Waals surface area contributed by atoms with E-state index in [0.29, 0.717) is 5.92 Å². The van der Waals surface area contributed by atoms with Crippen LogP contribution < -0.4 is 4.74 Å². The van der Waals surface area contributed by atoms with Gasteiger partial charge < -0.3 is 4.74 Å². The lowest BCUT2D eigenvalue weighted by Crippen LogP contribution is -2.32. The summed E-state index contributed by atoms with van der Waals surface area (Å²) in [7, 11) is 1.73. The first-order chi connectivity index (χ1) is 9.56. The van der Waals surface area contributed by atoms with Crippen LogP contribution in [0.4, 0.5) is 0 Å². The molecule has 20 heavy (non-hydrogen) atoms. The van der Waals surface area contributed by atoms with E-state index < -0.39 is 0 Å². The fraction of sp³-hybridized carbons (Fsp3) is 0.444. The molecule has 0 N–H and O–H groups in total. The largest absolute Gasteiger partial charge is 0.497 e. The van der Waals surface area contributed by atoms with Crippen molar-refractivity contribution in [1.82, 2.24) is 0 Å². The molecule has 2 atom stereocenters. The first-order valence-corrected chi connectivity index (χ1v) is 8.18. The second-order valence-electron chi connectivity index (χ2n) is 5.61. The fourth-order valence-corrected chi connectivity index (χ4v) is 4.55. The predicted molar refractivity (Wildman–Crippen MR) is 88.8 cm³/mol. The summed E-state index contributed by atoms with van der Waals surface area (Å²) in [5.41, 5.74) is 3.14. The minimum Gasteiger partial charge on any atom is -0.497 e. The molecule has 108 valence electrons. The maximum atomic E-state index is 5.34. The van der Waals surface area contributed by atoms with Crippen molar-refractivity contribution in [3.05, 3.63) is 48.1 Å². The Hall–Kier alpha value is -1.15. The Morgan fingerprint density at radius 3 is 2.90 bits per heavy atom. The quantitative estimate of drug-likeness (QED) is 0.683. The second kappa shape index (κ2) is 6.09. The van der Waals surface area contributed by atoms with Gasteiger partial charge in [0.15, 0.2) is 0 Å². The van der Waals surface area contributed by atoms with Crippen molar-refractivity contribution in [2.75, 3.05) is 12.9 Å². The third kappa shape index (κ3) is 2.54. The Morgan fingerprint density at radius 1 is 1.55 bits per heavy atom. The van der Waals surface area contributed by atoms with Gasteiger partial charge in [0, 0.05) is 16.1 Å². The lowest BCUT2D eigenvalue weighted by molar-refractivity contribution is 0.356. The molecule has 0 amide bonds. The molecular weight excluding hydrogens is 264 g/mol. The van der Waals surface area contributed by atoms with E-state index in [1.807, 2.05) is 17.8 Å². The third-order valence-corrected chi connectivity index (χ3v) is 6.01. The van der Waals surface area contributed by atoms with Gasteiger partial charge in [0.25, 0.3) is 0 Å². The SMILES string of the molecule is C=C/C=C(\CC)[C@]1(C)CSc2cc(OC)ccc2[C@@H]1C. The standard InChI is InChI=1S/C18H24OS/c1-6-8-14(7-2)18(4)12-20-17-11-15(19-5)9-10-16(17)13(18)3/h6,8-11,13H,1,7,12H2,2-5H3/b14-8+/t13-,18+/m0/s1. The summed E-state index contributed by atoms with van der Waals surface area (Å²) in [5, 5.41) is 0. The molecule has 0 fully saturated rings. The molecule has 0 radical (unpaired) electrons. The third-order valence-electron chi connectivity index (χ3n) is 4.60. The van der Waals surface area contributed by atoms with Gasteiger partial charge in [-0.05, 0) is 30.0 Å². The number of rotatable bonds is 4. The highest BCUT2D eigenvalue weighted by Gasteiger charge is 2.39. The van der Waals surface area contributed by atoms with E-state index in [2.05, 4.69) is 51.6 Å². The molecular formula is C18H24OS. The van der Waals surface area contributed by atoms with Crippen LogP contribution in [0.1, 0.15) is 38.7 Å². The lowest BCUT2D eigenvalue weighted by atomic mass is 9.69. The Labute approximate surface area is 127 Å². The zero-order valence-electron chi connectivity index (χ0n) is 12.9. The van der Waals surface area contributed by atoms with Crippen LogP contribution in [-0.4, -0.2) is 12.9 Å². The summed E-state index contributed by atoms with van der Waals surface area (Å²) in [6.45, 7) is 10.8. The van der Waals surface area contributed by atoms with Crippen molar-refractivity contribution in [2.24, 2.45) is 5.41 Å². The summed E-state index contributed by atoms with van der Waals surface area (Å²) < 4.78 is 5.34. The van der Waals surface area contributed by atoms with E-state index in [9.17, 15) is 0 Å². The minimum absolute atomic E-state index is 0.204. The highest BCUT2D eigenvalue weighted by atomic mass is 32.2. The molecule has 1 heterocycles. The molecule has 1 aliphatic rings. The molecule has 2 heteroatoms. The van der Waals surface area contributed by atoms with E-state index in [0.717, 1.165) is 17.9 Å². The van der Waals surface area contributed by atoms with Crippen molar-refractivity contribution in [1.29, 1.82) is 0 Å². The molecule has 0 spiro atoms. The number of benzene rings is 1. The topological polar surface area (TPSA) is 9.23 Å². The average Bonchev–Trinajstić information content (AvgIpc) is 2.48. The molecule has 1 aromatic rings. The van der Waals surface area contributed by atoms with Crippen molar-refractivity contribution in [3.8, 4) is 5.75 Å². The summed E-state index contributed by atoms with van der Waals surface area (Å²) in [4.78, 5) is 1.36. The van der Waals surface area contributed by atoms with Gasteiger partial charge >= 0.3 is 0 Å². The molecule has 0 bridgehead atoms. The molecule has 0 aliphatic carbocycles. The van der Waals surface area contributed by atoms with Crippen molar-refractivity contribution in [2.45, 2.75) is 38.0 Å². The van der Waals surface area contributed by atoms with Gasteiger partial charge in [-0.2, -0.15) is 0 Å². The number of allylic oxidation sites excluding steroid dienone is 3. The first-order valence-electron chi connectivity index (χ1n) is 7.19. The zero-order valence-corrected chi connectivity index (χ0v) is 13.7. The molecule has 1 aromatic carbocycles. The van der Waals surface area contributed by atoms with E-state index in [1.165, 1.54) is 16.0 Å². The zero-order chi connectivity index (χ0) is 14.8. The number of fused-ring (bicyclic) bond motifs is 1. The number of ether oxygens (including phenoxy) is 1. The van der Waals surface area contributed by atoms with Crippen LogP contribution in [0.2, 0.25) is 0 Å². The summed E-state index contributed by atoms with van der Waals surface area (Å²) in [5.74, 6) is 2.57. The highest BCUT2D eigenvalue weighted by molar-refractivity contribution is 7.99. The normalized spacial score (nSPS) is 26.0. The van der Waals surface area contributed by atoms with E-state index >= 15 is 0 Å². The second-order valence-corrected chi connectivity index (χ2v) is 6.63. The molecule has 1 aliphatic heterocycles. The van der Waals surface area contributed by atoms with E-state index in [-0.39, 0.29) is 5.41 Å². The van der Waals surface area contributed by atoms with Crippen LogP contribution in [0.15, 0.2) is 47.4 Å². The Morgan fingerprint density at radius 2 is 2.30 bits per heavy atom. The minimum atomic E-state index is 0.204. The van der Waals surface area contributed by atoms with Crippen LogP contribution in [0, 0.1) is 5.41 Å². The van der Waals surface area contributed by atoms with Crippen molar-refractivity contribution >= 4 is 11.8 Å². The van der Waals surface area contributed by atoms with Crippen molar-refractivity contribution in [3.63, 3.8) is 0 Å². The van der Waals surface area contributed by atoms with Gasteiger partial charge in [-0.25, -0.2) is 0 Å². The number of hydrogen-bond acceptors (Lipinski definition) is 2. The molecule has 0 saturated carbocycles. The highest BCUT2D eigenvalue weighted by Crippen LogP contribution is 2.53. The summed E-state index contributed by atoms with van der Waals surface area (Å²) in [6, 6.07) is 6.47. The van der Waals surface area contributed by atoms with Gasteiger partial charge in [0.1, 0.15) is 5.75 Å². The Bertz CT molecular complexity index is 532. The Kier molecular flexibility index (Phi) is 4.64. The number of hydrogen-bond donors (Lipinski definition) is 0. The molecule has 0 aromatic heterocycles. The smallest absolute Gasteiger partial charge is 0.119 e. The van der Waals surface area contributed by atoms with Crippen LogP contribution in [0.25, 0.3) is 0 Å². The van der Waals surface area contributed by atoms with Crippen molar-refractivity contribution < 1.29 is 4.74 Å². The maximum Gasteiger partial charge on any atom is 0.119 e. The average molecular weight is 288 g/mol. The molecule has 0 saturated heterocycles. The fourth-order valence-electron chi connectivity index (χ4n) is 3.05. The monoisotopic (exact) mass is 288 g/mol. The molecule has 0 unspecified atom stereocenters. The number of methoxy groups -OCH3 is 1. The van der Waals surface area contributed by atoms with E-state index in [4.69, 9.17) is 4.74 Å². The van der Waals surface area contributed by atoms with Gasteiger partial charge in [0.05, 0.1) is 7.11 Å². The van der Waals surface area contributed by atoms with Gasteiger partial charge in [-0.1, -0.05) is 51.1 Å². The maximum absolute atomic E-state index is 5.34. The van der Waals surface area contributed by atoms with Crippen LogP contribution >= 0.6 is 11.8 Å². The van der Waals surface area contributed by atoms with Gasteiger partial charge in [0.2, 0.25) is 0 Å².